The predicted molar refractivity (Wildman–Crippen MR) is 49.0 cm³/mol. The summed E-state index contributed by atoms with van der Waals surface area (Å²) in [6.07, 6.45) is -2.75. The van der Waals surface area contributed by atoms with Crippen molar-refractivity contribution in [3.63, 3.8) is 0 Å². The quantitative estimate of drug-likeness (QED) is 0.781. The molecule has 6 heteroatoms. The zero-order chi connectivity index (χ0) is 11.9. The van der Waals surface area contributed by atoms with E-state index in [-0.39, 0.29) is 0 Å². The number of amides is 1. The Morgan fingerprint density at radius 1 is 1.47 bits per heavy atom. The van der Waals surface area contributed by atoms with E-state index in [2.05, 4.69) is 0 Å². The third-order valence-corrected chi connectivity index (χ3v) is 2.61. The number of likely N-dealkylation sites (N-methyl/N-ethyl adjacent to an activating group) is 1. The van der Waals surface area contributed by atoms with E-state index < -0.39 is 17.6 Å². The Labute approximate surface area is 86.4 Å². The number of nitrogens with zero attached hydrogens (tertiary/aromatic N) is 1. The van der Waals surface area contributed by atoms with Gasteiger partial charge in [-0.2, -0.15) is 13.2 Å². The molecule has 1 aliphatic carbocycles. The third kappa shape index (κ3) is 2.62. The highest BCUT2D eigenvalue weighted by Gasteiger charge is 2.55. The number of nitrogens with two attached hydrogens (primary N) is 1. The average molecular weight is 224 g/mol. The van der Waals surface area contributed by atoms with Gasteiger partial charge in [-0.3, -0.25) is 4.79 Å². The molecule has 1 amide bonds. The van der Waals surface area contributed by atoms with Crippen LogP contribution in [0.25, 0.3) is 0 Å². The van der Waals surface area contributed by atoms with E-state index in [0.717, 1.165) is 17.7 Å². The van der Waals surface area contributed by atoms with Crippen LogP contribution in [0.1, 0.15) is 19.8 Å². The summed E-state index contributed by atoms with van der Waals surface area (Å²) in [6, 6.07) is 0. The van der Waals surface area contributed by atoms with Gasteiger partial charge in [-0.1, -0.05) is 0 Å². The highest BCUT2D eigenvalue weighted by molar-refractivity contribution is 5.86. The topological polar surface area (TPSA) is 46.3 Å². The second-order valence-corrected chi connectivity index (χ2v) is 4.33. The molecule has 0 radical (unpaired) electrons. The van der Waals surface area contributed by atoms with Crippen LogP contribution in [0.15, 0.2) is 0 Å². The Morgan fingerprint density at radius 2 is 1.93 bits per heavy atom. The van der Waals surface area contributed by atoms with E-state index in [1.54, 1.807) is 0 Å². The van der Waals surface area contributed by atoms with Gasteiger partial charge in [0.25, 0.3) is 5.91 Å². The molecule has 88 valence electrons. The Hall–Kier alpha value is -0.780. The van der Waals surface area contributed by atoms with Crippen LogP contribution in [-0.4, -0.2) is 36.1 Å². The first kappa shape index (κ1) is 12.3. The molecule has 0 bridgehead atoms. The summed E-state index contributed by atoms with van der Waals surface area (Å²) >= 11 is 0. The number of carbonyl (C=O) groups is 1. The molecular weight excluding hydrogens is 209 g/mol. The van der Waals surface area contributed by atoms with Crippen molar-refractivity contribution in [2.24, 2.45) is 11.7 Å². The molecule has 1 saturated carbocycles. The Morgan fingerprint density at radius 3 is 2.27 bits per heavy atom. The SMILES string of the molecule is CN(CC1CC1)C(=O)C(C)(N)C(F)(F)F. The van der Waals surface area contributed by atoms with Gasteiger partial charge in [0.15, 0.2) is 5.54 Å². The largest absolute Gasteiger partial charge is 0.415 e. The molecule has 0 saturated heterocycles. The highest BCUT2D eigenvalue weighted by atomic mass is 19.4. The molecule has 15 heavy (non-hydrogen) atoms. The lowest BCUT2D eigenvalue weighted by Gasteiger charge is -2.30. The fraction of sp³-hybridized carbons (Fsp3) is 0.889. The summed E-state index contributed by atoms with van der Waals surface area (Å²) in [4.78, 5) is 12.5. The number of hydrogen-bond donors (Lipinski definition) is 1. The average Bonchev–Trinajstić information content (AvgIpc) is 2.84. The van der Waals surface area contributed by atoms with E-state index in [0.29, 0.717) is 19.4 Å². The fourth-order valence-corrected chi connectivity index (χ4v) is 1.29. The van der Waals surface area contributed by atoms with Crippen LogP contribution in [-0.2, 0) is 4.79 Å². The number of rotatable bonds is 3. The molecule has 3 nitrogen and oxygen atoms in total. The molecular formula is C9H15F3N2O. The van der Waals surface area contributed by atoms with Crippen LogP contribution in [0, 0.1) is 5.92 Å². The van der Waals surface area contributed by atoms with Crippen LogP contribution < -0.4 is 5.73 Å². The van der Waals surface area contributed by atoms with Crippen molar-refractivity contribution >= 4 is 5.91 Å². The second kappa shape index (κ2) is 3.66. The molecule has 1 unspecified atom stereocenters. The van der Waals surface area contributed by atoms with Crippen molar-refractivity contribution in [1.82, 2.24) is 4.90 Å². The molecule has 0 aromatic carbocycles. The minimum Gasteiger partial charge on any atom is -0.344 e. The molecule has 1 rings (SSSR count). The van der Waals surface area contributed by atoms with Gasteiger partial charge in [-0.15, -0.1) is 0 Å². The van der Waals surface area contributed by atoms with Gasteiger partial charge in [0.2, 0.25) is 0 Å². The van der Waals surface area contributed by atoms with Gasteiger partial charge in [0.1, 0.15) is 0 Å². The van der Waals surface area contributed by atoms with Crippen molar-refractivity contribution in [1.29, 1.82) is 0 Å². The van der Waals surface area contributed by atoms with Crippen molar-refractivity contribution in [3.8, 4) is 0 Å². The van der Waals surface area contributed by atoms with Gasteiger partial charge >= 0.3 is 6.18 Å². The van der Waals surface area contributed by atoms with Crippen LogP contribution in [0.2, 0.25) is 0 Å². The lowest BCUT2D eigenvalue weighted by Crippen LogP contribution is -2.61. The maximum atomic E-state index is 12.4. The molecule has 0 spiro atoms. The monoisotopic (exact) mass is 224 g/mol. The molecule has 0 aromatic rings. The fourth-order valence-electron chi connectivity index (χ4n) is 1.29. The predicted octanol–water partition coefficient (Wildman–Crippen LogP) is 1.13. The first-order valence-electron chi connectivity index (χ1n) is 4.77. The van der Waals surface area contributed by atoms with Gasteiger partial charge in [-0.05, 0) is 25.7 Å². The van der Waals surface area contributed by atoms with E-state index in [4.69, 9.17) is 5.73 Å². The molecule has 0 aromatic heterocycles. The minimum absolute atomic E-state index is 0.350. The number of halogens is 3. The third-order valence-electron chi connectivity index (χ3n) is 2.61. The lowest BCUT2D eigenvalue weighted by molar-refractivity contribution is -0.193. The maximum absolute atomic E-state index is 12.4. The highest BCUT2D eigenvalue weighted by Crippen LogP contribution is 2.32. The van der Waals surface area contributed by atoms with Crippen LogP contribution in [0.5, 0.6) is 0 Å². The summed E-state index contributed by atoms with van der Waals surface area (Å²) in [5.74, 6) is -0.718. The van der Waals surface area contributed by atoms with E-state index >= 15 is 0 Å². The molecule has 1 atom stereocenters. The summed E-state index contributed by atoms with van der Waals surface area (Å²) in [7, 11) is 1.36. The second-order valence-electron chi connectivity index (χ2n) is 4.33. The van der Waals surface area contributed by atoms with E-state index in [9.17, 15) is 18.0 Å². The molecule has 1 aliphatic rings. The molecule has 2 N–H and O–H groups in total. The van der Waals surface area contributed by atoms with Gasteiger partial charge < -0.3 is 10.6 Å². The lowest BCUT2D eigenvalue weighted by atomic mass is 10.0. The van der Waals surface area contributed by atoms with Crippen LogP contribution in [0.4, 0.5) is 13.2 Å². The van der Waals surface area contributed by atoms with Gasteiger partial charge in [-0.25, -0.2) is 0 Å². The van der Waals surface area contributed by atoms with Gasteiger partial charge in [0, 0.05) is 13.6 Å². The van der Waals surface area contributed by atoms with Crippen molar-refractivity contribution in [3.05, 3.63) is 0 Å². The summed E-state index contributed by atoms with van der Waals surface area (Å²) < 4.78 is 37.3. The number of alkyl halides is 3. The molecule has 1 fully saturated rings. The normalized spacial score (nSPS) is 20.9. The van der Waals surface area contributed by atoms with Crippen LogP contribution >= 0.6 is 0 Å². The van der Waals surface area contributed by atoms with Gasteiger partial charge in [0.05, 0.1) is 0 Å². The maximum Gasteiger partial charge on any atom is 0.415 e. The smallest absolute Gasteiger partial charge is 0.344 e. The summed E-state index contributed by atoms with van der Waals surface area (Å²) in [6.45, 7) is 1.07. The molecule has 0 heterocycles. The summed E-state index contributed by atoms with van der Waals surface area (Å²) in [5, 5.41) is 0. The standard InChI is InChI=1S/C9H15F3N2O/c1-8(13,9(10,11)12)7(15)14(2)5-6-3-4-6/h6H,3-5,13H2,1-2H3. The van der Waals surface area contributed by atoms with Crippen molar-refractivity contribution in [2.75, 3.05) is 13.6 Å². The number of hydrogen-bond acceptors (Lipinski definition) is 2. The van der Waals surface area contributed by atoms with Crippen molar-refractivity contribution in [2.45, 2.75) is 31.5 Å². The zero-order valence-corrected chi connectivity index (χ0v) is 8.77. The number of carbonyl (C=O) groups excluding carboxylic acids is 1. The van der Waals surface area contributed by atoms with E-state index in [1.165, 1.54) is 7.05 Å². The molecule has 0 aliphatic heterocycles. The van der Waals surface area contributed by atoms with Crippen LogP contribution in [0.3, 0.4) is 0 Å². The Balaban J connectivity index is 2.64. The van der Waals surface area contributed by atoms with Crippen molar-refractivity contribution < 1.29 is 18.0 Å². The first-order chi connectivity index (χ1) is 6.66. The zero-order valence-electron chi connectivity index (χ0n) is 8.77. The minimum atomic E-state index is -4.71. The Bertz CT molecular complexity index is 259. The van der Waals surface area contributed by atoms with E-state index in [1.807, 2.05) is 0 Å². The first-order valence-corrected chi connectivity index (χ1v) is 4.77. The summed E-state index contributed by atoms with van der Waals surface area (Å²) in [5.41, 5.74) is 2.24. The Kier molecular flexibility index (Phi) is 3.00.